The molecule has 19 heavy (non-hydrogen) atoms. The number of hydrogen-bond acceptors (Lipinski definition) is 3. The van der Waals surface area contributed by atoms with E-state index in [1.165, 1.54) is 10.9 Å². The van der Waals surface area contributed by atoms with E-state index in [0.29, 0.717) is 0 Å². The molecule has 0 amide bonds. The Bertz CT molecular complexity index is 609. The molecule has 3 heteroatoms. The van der Waals surface area contributed by atoms with Crippen molar-refractivity contribution in [3.05, 3.63) is 58.5 Å². The van der Waals surface area contributed by atoms with Gasteiger partial charge in [0.15, 0.2) is 0 Å². The second kappa shape index (κ2) is 5.59. The maximum absolute atomic E-state index is 5.93. The highest BCUT2D eigenvalue weighted by Gasteiger charge is 2.14. The molecule has 0 spiro atoms. The van der Waals surface area contributed by atoms with E-state index in [4.69, 9.17) is 4.42 Å². The van der Waals surface area contributed by atoms with Crippen LogP contribution in [-0.2, 0) is 6.42 Å². The van der Waals surface area contributed by atoms with Gasteiger partial charge in [0.2, 0.25) is 0 Å². The highest BCUT2D eigenvalue weighted by Crippen LogP contribution is 2.26. The zero-order valence-corrected chi connectivity index (χ0v) is 11.7. The standard InChI is InChI=1S/C16H17NOS/c1-17-14(7-6-12-8-9-19-11-12)16-10-13-4-2-3-5-15(13)18-16/h2-5,8-11,14,17H,6-7H2,1H3. The van der Waals surface area contributed by atoms with Crippen LogP contribution in [0, 0.1) is 0 Å². The Morgan fingerprint density at radius 1 is 1.26 bits per heavy atom. The van der Waals surface area contributed by atoms with E-state index in [0.717, 1.165) is 24.2 Å². The lowest BCUT2D eigenvalue weighted by Crippen LogP contribution is -2.16. The summed E-state index contributed by atoms with van der Waals surface area (Å²) < 4.78 is 5.93. The molecule has 98 valence electrons. The van der Waals surface area contributed by atoms with Crippen molar-refractivity contribution in [3.63, 3.8) is 0 Å². The number of benzene rings is 1. The molecule has 0 radical (unpaired) electrons. The minimum atomic E-state index is 0.271. The first-order valence-electron chi connectivity index (χ1n) is 6.53. The summed E-state index contributed by atoms with van der Waals surface area (Å²) in [6.07, 6.45) is 2.12. The van der Waals surface area contributed by atoms with Gasteiger partial charge >= 0.3 is 0 Å². The number of aryl methyl sites for hydroxylation is 1. The van der Waals surface area contributed by atoms with E-state index >= 15 is 0 Å². The molecule has 0 aliphatic rings. The molecule has 3 rings (SSSR count). The Hall–Kier alpha value is -1.58. The van der Waals surface area contributed by atoms with E-state index < -0.39 is 0 Å². The van der Waals surface area contributed by atoms with Crippen molar-refractivity contribution in [3.8, 4) is 0 Å². The molecular weight excluding hydrogens is 254 g/mol. The molecule has 1 unspecified atom stereocenters. The maximum Gasteiger partial charge on any atom is 0.134 e. The molecule has 1 N–H and O–H groups in total. The lowest BCUT2D eigenvalue weighted by atomic mass is 10.1. The van der Waals surface area contributed by atoms with Crippen molar-refractivity contribution in [2.45, 2.75) is 18.9 Å². The molecule has 2 heterocycles. The van der Waals surface area contributed by atoms with Gasteiger partial charge in [0.1, 0.15) is 11.3 Å². The van der Waals surface area contributed by atoms with Gasteiger partial charge in [-0.25, -0.2) is 0 Å². The minimum absolute atomic E-state index is 0.271. The van der Waals surface area contributed by atoms with Crippen LogP contribution in [-0.4, -0.2) is 7.05 Å². The van der Waals surface area contributed by atoms with E-state index in [1.807, 2.05) is 25.2 Å². The number of fused-ring (bicyclic) bond motifs is 1. The molecule has 0 saturated heterocycles. The van der Waals surface area contributed by atoms with Crippen molar-refractivity contribution < 1.29 is 4.42 Å². The fourth-order valence-corrected chi connectivity index (χ4v) is 3.05. The summed E-state index contributed by atoms with van der Waals surface area (Å²) in [5.74, 6) is 1.03. The lowest BCUT2D eigenvalue weighted by Gasteiger charge is -2.12. The summed E-state index contributed by atoms with van der Waals surface area (Å²) in [7, 11) is 1.99. The van der Waals surface area contributed by atoms with E-state index in [2.05, 4.69) is 34.3 Å². The summed E-state index contributed by atoms with van der Waals surface area (Å²) in [6.45, 7) is 0. The van der Waals surface area contributed by atoms with Crippen molar-refractivity contribution >= 4 is 22.3 Å². The zero-order chi connectivity index (χ0) is 13.1. The van der Waals surface area contributed by atoms with Crippen LogP contribution in [0.3, 0.4) is 0 Å². The summed E-state index contributed by atoms with van der Waals surface area (Å²) in [5, 5.41) is 8.87. The lowest BCUT2D eigenvalue weighted by molar-refractivity contribution is 0.433. The molecule has 0 aliphatic heterocycles. The fraction of sp³-hybridized carbons (Fsp3) is 0.250. The van der Waals surface area contributed by atoms with Crippen molar-refractivity contribution in [2.75, 3.05) is 7.05 Å². The van der Waals surface area contributed by atoms with Gasteiger partial charge in [0, 0.05) is 5.39 Å². The van der Waals surface area contributed by atoms with Crippen LogP contribution in [0.15, 0.2) is 51.6 Å². The quantitative estimate of drug-likeness (QED) is 0.744. The number of thiophene rings is 1. The van der Waals surface area contributed by atoms with Crippen LogP contribution in [0.25, 0.3) is 11.0 Å². The van der Waals surface area contributed by atoms with Gasteiger partial charge in [-0.3, -0.25) is 0 Å². The Kier molecular flexibility index (Phi) is 3.67. The highest BCUT2D eigenvalue weighted by atomic mass is 32.1. The second-order valence-corrected chi connectivity index (χ2v) is 5.48. The SMILES string of the molecule is CNC(CCc1ccsc1)c1cc2ccccc2o1. The third-order valence-corrected chi connectivity index (χ3v) is 4.17. The summed E-state index contributed by atoms with van der Waals surface area (Å²) >= 11 is 1.75. The molecule has 0 bridgehead atoms. The second-order valence-electron chi connectivity index (χ2n) is 4.70. The molecule has 0 saturated carbocycles. The third kappa shape index (κ3) is 2.72. The van der Waals surface area contributed by atoms with Gasteiger partial charge < -0.3 is 9.73 Å². The monoisotopic (exact) mass is 271 g/mol. The minimum Gasteiger partial charge on any atom is -0.459 e. The Morgan fingerprint density at radius 2 is 2.16 bits per heavy atom. The number of rotatable bonds is 5. The number of hydrogen-bond donors (Lipinski definition) is 1. The van der Waals surface area contributed by atoms with Crippen LogP contribution in [0.2, 0.25) is 0 Å². The average molecular weight is 271 g/mol. The number of nitrogens with one attached hydrogen (secondary N) is 1. The normalized spacial score (nSPS) is 12.9. The first-order chi connectivity index (χ1) is 9.36. The zero-order valence-electron chi connectivity index (χ0n) is 10.9. The van der Waals surface area contributed by atoms with Crippen LogP contribution in [0.5, 0.6) is 0 Å². The van der Waals surface area contributed by atoms with Crippen LogP contribution >= 0.6 is 11.3 Å². The molecule has 1 aromatic carbocycles. The van der Waals surface area contributed by atoms with Gasteiger partial charge in [-0.2, -0.15) is 11.3 Å². The smallest absolute Gasteiger partial charge is 0.134 e. The first kappa shape index (κ1) is 12.5. The molecule has 2 nitrogen and oxygen atoms in total. The molecular formula is C16H17NOS. The average Bonchev–Trinajstić information content (AvgIpc) is 3.08. The summed E-state index contributed by atoms with van der Waals surface area (Å²) in [4.78, 5) is 0. The van der Waals surface area contributed by atoms with Gasteiger partial charge in [0.05, 0.1) is 6.04 Å². The Labute approximate surface area is 117 Å². The Morgan fingerprint density at radius 3 is 2.89 bits per heavy atom. The van der Waals surface area contributed by atoms with E-state index in [9.17, 15) is 0 Å². The highest BCUT2D eigenvalue weighted by molar-refractivity contribution is 7.07. The third-order valence-electron chi connectivity index (χ3n) is 3.44. The summed E-state index contributed by atoms with van der Waals surface area (Å²) in [5.41, 5.74) is 2.37. The number of para-hydroxylation sites is 1. The summed E-state index contributed by atoms with van der Waals surface area (Å²) in [6, 6.07) is 12.8. The predicted octanol–water partition coefficient (Wildman–Crippen LogP) is 4.39. The van der Waals surface area contributed by atoms with Gasteiger partial charge in [-0.15, -0.1) is 0 Å². The van der Waals surface area contributed by atoms with Gasteiger partial charge in [-0.1, -0.05) is 18.2 Å². The topological polar surface area (TPSA) is 25.2 Å². The Balaban J connectivity index is 1.77. The molecule has 1 atom stereocenters. The van der Waals surface area contributed by atoms with Gasteiger partial charge in [-0.05, 0) is 54.4 Å². The van der Waals surface area contributed by atoms with Crippen LogP contribution < -0.4 is 5.32 Å². The fourth-order valence-electron chi connectivity index (χ4n) is 2.35. The molecule has 3 aromatic rings. The molecule has 0 fully saturated rings. The van der Waals surface area contributed by atoms with Crippen LogP contribution in [0.1, 0.15) is 23.8 Å². The molecule has 2 aromatic heterocycles. The largest absolute Gasteiger partial charge is 0.459 e. The number of furan rings is 1. The van der Waals surface area contributed by atoms with E-state index in [1.54, 1.807) is 11.3 Å². The maximum atomic E-state index is 5.93. The first-order valence-corrected chi connectivity index (χ1v) is 7.48. The molecule has 0 aliphatic carbocycles. The van der Waals surface area contributed by atoms with Crippen molar-refractivity contribution in [1.29, 1.82) is 0 Å². The van der Waals surface area contributed by atoms with E-state index in [-0.39, 0.29) is 6.04 Å². The predicted molar refractivity (Wildman–Crippen MR) is 80.7 cm³/mol. The van der Waals surface area contributed by atoms with Crippen LogP contribution in [0.4, 0.5) is 0 Å². The van der Waals surface area contributed by atoms with Crippen molar-refractivity contribution in [1.82, 2.24) is 5.32 Å². The van der Waals surface area contributed by atoms with Crippen molar-refractivity contribution in [2.24, 2.45) is 0 Å². The van der Waals surface area contributed by atoms with Gasteiger partial charge in [0.25, 0.3) is 0 Å².